The van der Waals surface area contributed by atoms with E-state index < -0.39 is 13.3 Å². The van der Waals surface area contributed by atoms with E-state index in [2.05, 4.69) is 0 Å². The van der Waals surface area contributed by atoms with E-state index in [4.69, 9.17) is 0 Å². The summed E-state index contributed by atoms with van der Waals surface area (Å²) in [7, 11) is 0. The molecule has 1 aromatic heterocycles. The maximum absolute atomic E-state index is 12.5. The van der Waals surface area contributed by atoms with E-state index in [1.165, 1.54) is 22.9 Å². The molecule has 17 heavy (non-hydrogen) atoms. The van der Waals surface area contributed by atoms with Gasteiger partial charge in [0, 0.05) is 18.0 Å². The molecule has 2 aromatic rings. The first-order valence-corrected chi connectivity index (χ1v) is 5.17. The van der Waals surface area contributed by atoms with Crippen molar-refractivity contribution in [1.29, 1.82) is 0 Å². The smallest absolute Gasteiger partial charge is 0.255 e. The highest BCUT2D eigenvalue weighted by Gasteiger charge is 2.02. The van der Waals surface area contributed by atoms with Crippen molar-refractivity contribution in [3.8, 4) is 5.69 Å². The molecule has 0 atom stereocenters. The lowest BCUT2D eigenvalue weighted by Crippen LogP contribution is -2.17. The van der Waals surface area contributed by atoms with E-state index in [1.54, 1.807) is 24.3 Å². The Bertz CT molecular complexity index is 578. The van der Waals surface area contributed by atoms with Gasteiger partial charge in [-0.15, -0.1) is 0 Å². The summed E-state index contributed by atoms with van der Waals surface area (Å²) in [6.45, 7) is -1.23. The van der Waals surface area contributed by atoms with E-state index in [9.17, 15) is 13.6 Å². The summed E-state index contributed by atoms with van der Waals surface area (Å²) in [4.78, 5) is 11.6. The Labute approximate surface area is 97.1 Å². The van der Waals surface area contributed by atoms with Gasteiger partial charge >= 0.3 is 0 Å². The Hall–Kier alpha value is -1.97. The second-order valence-electron chi connectivity index (χ2n) is 3.68. The van der Waals surface area contributed by atoms with Crippen LogP contribution in [0.15, 0.2) is 47.4 Å². The van der Waals surface area contributed by atoms with Crippen molar-refractivity contribution in [2.45, 2.75) is 13.3 Å². The Morgan fingerprint density at radius 1 is 1.00 bits per heavy atom. The third-order valence-electron chi connectivity index (χ3n) is 2.47. The number of halogens is 2. The van der Waals surface area contributed by atoms with Crippen LogP contribution in [0.3, 0.4) is 0 Å². The van der Waals surface area contributed by atoms with Crippen molar-refractivity contribution in [2.24, 2.45) is 0 Å². The Morgan fingerprint density at radius 2 is 1.76 bits per heavy atom. The summed E-state index contributed by atoms with van der Waals surface area (Å²) < 4.78 is 26.4. The molecule has 0 bridgehead atoms. The van der Waals surface area contributed by atoms with Crippen LogP contribution in [0.2, 0.25) is 0 Å². The zero-order chi connectivity index (χ0) is 12.3. The summed E-state index contributed by atoms with van der Waals surface area (Å²) in [5.41, 5.74) is 1.17. The first-order valence-electron chi connectivity index (χ1n) is 5.17. The number of alkyl halides is 2. The lowest BCUT2D eigenvalue weighted by Gasteiger charge is -2.07. The minimum absolute atomic E-state index is 0.266. The zero-order valence-electron chi connectivity index (χ0n) is 9.07. The van der Waals surface area contributed by atoms with E-state index in [1.807, 2.05) is 0 Å². The lowest BCUT2D eigenvalue weighted by atomic mass is 10.2. The molecule has 0 saturated heterocycles. The first-order chi connectivity index (χ1) is 8.24. The van der Waals surface area contributed by atoms with E-state index in [0.717, 1.165) is 0 Å². The van der Waals surface area contributed by atoms with Gasteiger partial charge in [0.25, 0.3) is 5.56 Å². The van der Waals surface area contributed by atoms with Gasteiger partial charge in [0.15, 0.2) is 0 Å². The zero-order valence-corrected chi connectivity index (χ0v) is 9.07. The van der Waals surface area contributed by atoms with E-state index >= 15 is 0 Å². The fraction of sp³-hybridized carbons (Fsp3) is 0.154. The predicted molar refractivity (Wildman–Crippen MR) is 61.7 cm³/mol. The molecule has 0 amide bonds. The van der Waals surface area contributed by atoms with Crippen molar-refractivity contribution < 1.29 is 8.78 Å². The van der Waals surface area contributed by atoms with Gasteiger partial charge in [-0.05, 0) is 29.3 Å². The largest absolute Gasteiger partial charge is 0.284 e. The number of hydrogen-bond acceptors (Lipinski definition) is 1. The molecule has 0 spiro atoms. The average Bonchev–Trinajstić information content (AvgIpc) is 2.39. The number of rotatable bonds is 3. The molecule has 1 aromatic carbocycles. The normalized spacial score (nSPS) is 10.5. The lowest BCUT2D eigenvalue weighted by molar-refractivity contribution is 0.482. The fourth-order valence-corrected chi connectivity index (χ4v) is 1.60. The van der Waals surface area contributed by atoms with Gasteiger partial charge in [-0.1, -0.05) is 12.1 Å². The summed E-state index contributed by atoms with van der Waals surface area (Å²) in [6, 6.07) is 9.30. The second kappa shape index (κ2) is 4.91. The minimum Gasteiger partial charge on any atom is -0.284 e. The molecule has 0 aliphatic heterocycles. The Kier molecular flexibility index (Phi) is 3.32. The van der Waals surface area contributed by atoms with Crippen LogP contribution in [0, 0.1) is 0 Å². The molecule has 2 rings (SSSR count). The fourth-order valence-electron chi connectivity index (χ4n) is 1.60. The number of pyridine rings is 1. The third kappa shape index (κ3) is 2.41. The van der Waals surface area contributed by atoms with Gasteiger partial charge in [0.2, 0.25) is 0 Å². The Morgan fingerprint density at radius 3 is 2.47 bits per heavy atom. The highest BCUT2D eigenvalue weighted by molar-refractivity contribution is 5.36. The second-order valence-corrected chi connectivity index (χ2v) is 3.68. The van der Waals surface area contributed by atoms with Crippen molar-refractivity contribution in [2.75, 3.05) is 0 Å². The van der Waals surface area contributed by atoms with Crippen LogP contribution in [-0.2, 0) is 13.3 Å². The highest BCUT2D eigenvalue weighted by atomic mass is 19.1. The SMILES string of the molecule is O=c1ccc(CF)cn1-c1cccc(CF)c1. The van der Waals surface area contributed by atoms with Crippen LogP contribution in [0.4, 0.5) is 8.78 Å². The minimum atomic E-state index is -0.636. The van der Waals surface area contributed by atoms with Crippen molar-refractivity contribution in [1.82, 2.24) is 4.57 Å². The highest BCUT2D eigenvalue weighted by Crippen LogP contribution is 2.11. The van der Waals surface area contributed by atoms with Crippen LogP contribution in [0.1, 0.15) is 11.1 Å². The number of benzene rings is 1. The summed E-state index contributed by atoms with van der Waals surface area (Å²) in [5, 5.41) is 0. The molecule has 0 saturated carbocycles. The Balaban J connectivity index is 2.55. The summed E-state index contributed by atoms with van der Waals surface area (Å²) in [6.07, 6.45) is 1.43. The molecular weight excluding hydrogens is 224 g/mol. The standard InChI is InChI=1S/C13H11F2NO/c14-7-10-2-1-3-12(6-10)16-9-11(8-15)4-5-13(16)17/h1-6,9H,7-8H2. The van der Waals surface area contributed by atoms with Gasteiger partial charge in [-0.25, -0.2) is 8.78 Å². The molecule has 4 heteroatoms. The van der Waals surface area contributed by atoms with Crippen molar-refractivity contribution >= 4 is 0 Å². The maximum atomic E-state index is 12.5. The van der Waals surface area contributed by atoms with Crippen LogP contribution in [0.25, 0.3) is 5.69 Å². The van der Waals surface area contributed by atoms with E-state index in [-0.39, 0.29) is 5.56 Å². The number of hydrogen-bond donors (Lipinski definition) is 0. The monoisotopic (exact) mass is 235 g/mol. The predicted octanol–water partition coefficient (Wildman–Crippen LogP) is 2.78. The van der Waals surface area contributed by atoms with Gasteiger partial charge in [0.05, 0.1) is 0 Å². The number of aromatic nitrogens is 1. The van der Waals surface area contributed by atoms with E-state index in [0.29, 0.717) is 16.8 Å². The molecule has 0 aliphatic carbocycles. The van der Waals surface area contributed by atoms with Gasteiger partial charge in [-0.3, -0.25) is 9.36 Å². The molecule has 1 heterocycles. The first kappa shape index (κ1) is 11.5. The van der Waals surface area contributed by atoms with Crippen molar-refractivity contribution in [3.05, 3.63) is 64.1 Å². The molecule has 0 radical (unpaired) electrons. The average molecular weight is 235 g/mol. The molecule has 88 valence electrons. The van der Waals surface area contributed by atoms with Crippen LogP contribution in [0.5, 0.6) is 0 Å². The van der Waals surface area contributed by atoms with Gasteiger partial charge in [0.1, 0.15) is 13.3 Å². The third-order valence-corrected chi connectivity index (χ3v) is 2.47. The van der Waals surface area contributed by atoms with Crippen LogP contribution < -0.4 is 5.56 Å². The molecule has 0 N–H and O–H groups in total. The van der Waals surface area contributed by atoms with Crippen molar-refractivity contribution in [3.63, 3.8) is 0 Å². The topological polar surface area (TPSA) is 22.0 Å². The molecule has 0 aliphatic rings. The summed E-state index contributed by atoms with van der Waals surface area (Å²) in [5.74, 6) is 0. The molecule has 0 fully saturated rings. The quantitative estimate of drug-likeness (QED) is 0.801. The number of nitrogens with zero attached hydrogens (tertiary/aromatic N) is 1. The molecule has 2 nitrogen and oxygen atoms in total. The molecular formula is C13H11F2NO. The summed E-state index contributed by atoms with van der Waals surface area (Å²) >= 11 is 0. The molecule has 0 unspecified atom stereocenters. The van der Waals surface area contributed by atoms with Crippen LogP contribution in [-0.4, -0.2) is 4.57 Å². The van der Waals surface area contributed by atoms with Crippen LogP contribution >= 0.6 is 0 Å². The maximum Gasteiger partial charge on any atom is 0.255 e. The van der Waals surface area contributed by atoms with Gasteiger partial charge in [-0.2, -0.15) is 0 Å². The van der Waals surface area contributed by atoms with Gasteiger partial charge < -0.3 is 0 Å².